The van der Waals surface area contributed by atoms with E-state index in [0.29, 0.717) is 35.9 Å². The molecule has 0 N–H and O–H groups in total. The summed E-state index contributed by atoms with van der Waals surface area (Å²) in [6, 6.07) is 14.0. The minimum Gasteiger partial charge on any atom is -0.339 e. The highest BCUT2D eigenvalue weighted by atomic mass is 16.6. The molecule has 1 aliphatic heterocycles. The molecule has 1 saturated heterocycles. The quantitative estimate of drug-likeness (QED) is 0.520. The van der Waals surface area contributed by atoms with Gasteiger partial charge in [-0.3, -0.25) is 14.9 Å². The Hall–Kier alpha value is -3.55. The number of aromatic nitrogens is 2. The Morgan fingerprint density at radius 2 is 1.96 bits per heavy atom. The zero-order chi connectivity index (χ0) is 19.0. The van der Waals surface area contributed by atoms with E-state index in [0.717, 1.165) is 5.56 Å². The van der Waals surface area contributed by atoms with Crippen molar-refractivity contribution in [1.82, 2.24) is 15.0 Å². The number of nitro benzene ring substituents is 1. The van der Waals surface area contributed by atoms with E-state index in [4.69, 9.17) is 4.52 Å². The van der Waals surface area contributed by atoms with Crippen molar-refractivity contribution in [3.05, 3.63) is 75.7 Å². The van der Waals surface area contributed by atoms with Gasteiger partial charge in [-0.1, -0.05) is 41.6 Å². The molecule has 0 aliphatic carbocycles. The lowest BCUT2D eigenvalue weighted by atomic mass is 9.98. The molecule has 2 aromatic carbocycles. The van der Waals surface area contributed by atoms with E-state index in [1.54, 1.807) is 24.0 Å². The van der Waals surface area contributed by atoms with Gasteiger partial charge in [-0.2, -0.15) is 4.98 Å². The smallest absolute Gasteiger partial charge is 0.273 e. The predicted octanol–water partition coefficient (Wildman–Crippen LogP) is 3.19. The molecule has 1 aliphatic rings. The third-order valence-electron chi connectivity index (χ3n) is 4.64. The highest BCUT2D eigenvalue weighted by Crippen LogP contribution is 2.29. The zero-order valence-corrected chi connectivity index (χ0v) is 14.5. The molecule has 3 aromatic rings. The normalized spacial score (nSPS) is 14.0. The van der Waals surface area contributed by atoms with Gasteiger partial charge in [0.1, 0.15) is 0 Å². The fourth-order valence-corrected chi connectivity index (χ4v) is 3.03. The van der Waals surface area contributed by atoms with Crippen molar-refractivity contribution in [3.8, 4) is 11.4 Å². The maximum Gasteiger partial charge on any atom is 0.273 e. The number of carbonyl (C=O) groups is 1. The molecule has 0 bridgehead atoms. The summed E-state index contributed by atoms with van der Waals surface area (Å²) >= 11 is 0. The molecule has 0 spiro atoms. The second kappa shape index (κ2) is 6.64. The van der Waals surface area contributed by atoms with Gasteiger partial charge in [0, 0.05) is 35.8 Å². The SMILES string of the molecule is Cc1ccc(C(=O)N2CC(c3nc(-c4ccccc4)no3)C2)cc1[N+](=O)[O-]. The van der Waals surface area contributed by atoms with Crippen molar-refractivity contribution in [2.24, 2.45) is 0 Å². The molecule has 0 atom stereocenters. The number of aryl methyl sites for hydroxylation is 1. The monoisotopic (exact) mass is 364 g/mol. The first-order chi connectivity index (χ1) is 13.0. The number of likely N-dealkylation sites (tertiary alicyclic amines) is 1. The molecule has 0 saturated carbocycles. The summed E-state index contributed by atoms with van der Waals surface area (Å²) in [6.45, 7) is 2.53. The second-order valence-corrected chi connectivity index (χ2v) is 6.49. The molecule has 0 unspecified atom stereocenters. The highest BCUT2D eigenvalue weighted by Gasteiger charge is 2.36. The molecule has 136 valence electrons. The molecule has 8 heteroatoms. The molecule has 4 rings (SSSR count). The molecule has 0 radical (unpaired) electrons. The van der Waals surface area contributed by atoms with Crippen LogP contribution in [0.4, 0.5) is 5.69 Å². The lowest BCUT2D eigenvalue weighted by molar-refractivity contribution is -0.385. The summed E-state index contributed by atoms with van der Waals surface area (Å²) in [6.07, 6.45) is 0. The molecule has 2 heterocycles. The minimum atomic E-state index is -0.478. The highest BCUT2D eigenvalue weighted by molar-refractivity contribution is 5.95. The molecular weight excluding hydrogens is 348 g/mol. The first-order valence-corrected chi connectivity index (χ1v) is 8.46. The molecule has 8 nitrogen and oxygen atoms in total. The maximum atomic E-state index is 12.6. The summed E-state index contributed by atoms with van der Waals surface area (Å²) in [5.41, 5.74) is 1.65. The Labute approximate surface area is 154 Å². The minimum absolute atomic E-state index is 0.0284. The van der Waals surface area contributed by atoms with Crippen LogP contribution in [0.1, 0.15) is 27.7 Å². The Morgan fingerprint density at radius 1 is 1.22 bits per heavy atom. The van der Waals surface area contributed by atoms with Crippen LogP contribution >= 0.6 is 0 Å². The number of hydrogen-bond donors (Lipinski definition) is 0. The summed E-state index contributed by atoms with van der Waals surface area (Å²) < 4.78 is 5.33. The number of nitrogens with zero attached hydrogens (tertiary/aromatic N) is 4. The number of rotatable bonds is 4. The van der Waals surface area contributed by atoms with E-state index in [-0.39, 0.29) is 17.5 Å². The van der Waals surface area contributed by atoms with E-state index in [1.165, 1.54) is 6.07 Å². The van der Waals surface area contributed by atoms with Crippen molar-refractivity contribution < 1.29 is 14.2 Å². The van der Waals surface area contributed by atoms with Crippen LogP contribution in [0.5, 0.6) is 0 Å². The summed E-state index contributed by atoms with van der Waals surface area (Å²) in [5.74, 6) is 0.744. The van der Waals surface area contributed by atoms with Gasteiger partial charge in [0.25, 0.3) is 11.6 Å². The predicted molar refractivity (Wildman–Crippen MR) is 96.2 cm³/mol. The summed E-state index contributed by atoms with van der Waals surface area (Å²) in [5, 5.41) is 15.1. The van der Waals surface area contributed by atoms with Crippen LogP contribution in [0.3, 0.4) is 0 Å². The average Bonchev–Trinajstić information content (AvgIpc) is 3.11. The van der Waals surface area contributed by atoms with Crippen LogP contribution < -0.4 is 0 Å². The largest absolute Gasteiger partial charge is 0.339 e. The van der Waals surface area contributed by atoms with Crippen LogP contribution in [0, 0.1) is 17.0 Å². The fraction of sp³-hybridized carbons (Fsp3) is 0.211. The third-order valence-corrected chi connectivity index (χ3v) is 4.64. The number of nitro groups is 1. The van der Waals surface area contributed by atoms with Crippen LogP contribution in [-0.2, 0) is 0 Å². The molecule has 1 fully saturated rings. The van der Waals surface area contributed by atoms with Crippen LogP contribution in [0.25, 0.3) is 11.4 Å². The van der Waals surface area contributed by atoms with Crippen molar-refractivity contribution in [2.75, 3.05) is 13.1 Å². The molecular formula is C19H16N4O4. The topological polar surface area (TPSA) is 102 Å². The lowest BCUT2D eigenvalue weighted by Crippen LogP contribution is -2.48. The van der Waals surface area contributed by atoms with Crippen molar-refractivity contribution in [2.45, 2.75) is 12.8 Å². The van der Waals surface area contributed by atoms with Crippen molar-refractivity contribution in [1.29, 1.82) is 0 Å². The van der Waals surface area contributed by atoms with Gasteiger partial charge in [-0.05, 0) is 13.0 Å². The number of benzene rings is 2. The van der Waals surface area contributed by atoms with Crippen molar-refractivity contribution >= 4 is 11.6 Å². The number of amides is 1. The fourth-order valence-electron chi connectivity index (χ4n) is 3.03. The zero-order valence-electron chi connectivity index (χ0n) is 14.5. The summed E-state index contributed by atoms with van der Waals surface area (Å²) in [7, 11) is 0. The lowest BCUT2D eigenvalue weighted by Gasteiger charge is -2.37. The van der Waals surface area contributed by atoms with Crippen LogP contribution in [0.15, 0.2) is 53.1 Å². The van der Waals surface area contributed by atoms with E-state index in [1.807, 2.05) is 30.3 Å². The first kappa shape index (κ1) is 16.9. The Balaban J connectivity index is 1.44. The van der Waals surface area contributed by atoms with E-state index < -0.39 is 4.92 Å². The van der Waals surface area contributed by atoms with Gasteiger partial charge in [-0.15, -0.1) is 0 Å². The van der Waals surface area contributed by atoms with E-state index in [9.17, 15) is 14.9 Å². The van der Waals surface area contributed by atoms with Gasteiger partial charge in [0.05, 0.1) is 10.8 Å². The standard InChI is InChI=1S/C19H16N4O4/c1-12-7-8-14(9-16(12)23(25)26)19(24)22-10-15(11-22)18-20-17(21-27-18)13-5-3-2-4-6-13/h2-9,15H,10-11H2,1H3. The van der Waals surface area contributed by atoms with Crippen molar-refractivity contribution in [3.63, 3.8) is 0 Å². The Kier molecular flexibility index (Phi) is 4.15. The van der Waals surface area contributed by atoms with Gasteiger partial charge < -0.3 is 9.42 Å². The Bertz CT molecular complexity index is 1010. The maximum absolute atomic E-state index is 12.6. The summed E-state index contributed by atoms with van der Waals surface area (Å²) in [4.78, 5) is 29.2. The first-order valence-electron chi connectivity index (χ1n) is 8.46. The molecule has 27 heavy (non-hydrogen) atoms. The number of hydrogen-bond acceptors (Lipinski definition) is 6. The number of carbonyl (C=O) groups excluding carboxylic acids is 1. The van der Waals surface area contributed by atoms with E-state index >= 15 is 0 Å². The Morgan fingerprint density at radius 3 is 2.67 bits per heavy atom. The average molecular weight is 364 g/mol. The van der Waals surface area contributed by atoms with Crippen LogP contribution in [-0.4, -0.2) is 39.0 Å². The van der Waals surface area contributed by atoms with Gasteiger partial charge >= 0.3 is 0 Å². The van der Waals surface area contributed by atoms with Gasteiger partial charge in [0.2, 0.25) is 11.7 Å². The molecule has 1 aromatic heterocycles. The van der Waals surface area contributed by atoms with Gasteiger partial charge in [0.15, 0.2) is 0 Å². The van der Waals surface area contributed by atoms with Gasteiger partial charge in [-0.25, -0.2) is 0 Å². The van der Waals surface area contributed by atoms with Crippen LogP contribution in [0.2, 0.25) is 0 Å². The molecule has 1 amide bonds. The second-order valence-electron chi connectivity index (χ2n) is 6.49. The van der Waals surface area contributed by atoms with E-state index in [2.05, 4.69) is 10.1 Å². The third kappa shape index (κ3) is 3.17.